The van der Waals surface area contributed by atoms with E-state index in [0.717, 1.165) is 12.0 Å². The number of hydrogen-bond donors (Lipinski definition) is 2. The van der Waals surface area contributed by atoms with Gasteiger partial charge in [-0.25, -0.2) is 0 Å². The number of carboxylic acid groups (broad SMARTS) is 1. The van der Waals surface area contributed by atoms with Crippen LogP contribution in [0.2, 0.25) is 0 Å². The molecule has 0 spiro atoms. The molecule has 1 amide bonds. The molecule has 1 aromatic carbocycles. The molecule has 114 valence electrons. The second kappa shape index (κ2) is 7.81. The van der Waals surface area contributed by atoms with Gasteiger partial charge in [-0.3, -0.25) is 9.59 Å². The van der Waals surface area contributed by atoms with Gasteiger partial charge in [0.15, 0.2) is 0 Å². The van der Waals surface area contributed by atoms with E-state index in [1.807, 2.05) is 30.3 Å². The number of aliphatic carboxylic acids is 1. The molecule has 2 rings (SSSR count). The van der Waals surface area contributed by atoms with Crippen LogP contribution in [0.15, 0.2) is 30.3 Å². The predicted octanol–water partition coefficient (Wildman–Crippen LogP) is 3.29. The van der Waals surface area contributed by atoms with Crippen molar-refractivity contribution in [3.63, 3.8) is 0 Å². The van der Waals surface area contributed by atoms with Crippen LogP contribution in [0.3, 0.4) is 0 Å². The zero-order valence-electron chi connectivity index (χ0n) is 12.3. The largest absolute Gasteiger partial charge is 0.481 e. The zero-order chi connectivity index (χ0) is 15.1. The molecule has 0 saturated heterocycles. The molecule has 1 aliphatic rings. The molecule has 2 N–H and O–H groups in total. The molecule has 1 unspecified atom stereocenters. The minimum absolute atomic E-state index is 0.0288. The summed E-state index contributed by atoms with van der Waals surface area (Å²) in [6.07, 6.45) is 5.75. The standard InChI is InChI=1S/C17H23NO3/c19-16(11-9-13-5-4-6-13)18-15(10-12-17(20)21)14-7-2-1-3-8-14/h1-3,7-8,13,15H,4-6,9-12H2,(H,18,19)(H,20,21). The number of amides is 1. The molecule has 0 bridgehead atoms. The maximum Gasteiger partial charge on any atom is 0.303 e. The van der Waals surface area contributed by atoms with Crippen LogP contribution in [0.5, 0.6) is 0 Å². The van der Waals surface area contributed by atoms with Crippen LogP contribution in [0, 0.1) is 5.92 Å². The van der Waals surface area contributed by atoms with Gasteiger partial charge in [-0.05, 0) is 24.3 Å². The first kappa shape index (κ1) is 15.5. The van der Waals surface area contributed by atoms with Gasteiger partial charge in [0.2, 0.25) is 5.91 Å². The van der Waals surface area contributed by atoms with E-state index in [9.17, 15) is 9.59 Å². The normalized spacial score (nSPS) is 16.0. The Labute approximate surface area is 125 Å². The van der Waals surface area contributed by atoms with E-state index in [1.165, 1.54) is 19.3 Å². The summed E-state index contributed by atoms with van der Waals surface area (Å²) in [5, 5.41) is 11.8. The fourth-order valence-electron chi connectivity index (χ4n) is 2.66. The predicted molar refractivity (Wildman–Crippen MR) is 80.8 cm³/mol. The van der Waals surface area contributed by atoms with Crippen molar-refractivity contribution < 1.29 is 14.7 Å². The lowest BCUT2D eigenvalue weighted by Gasteiger charge is -2.25. The fraction of sp³-hybridized carbons (Fsp3) is 0.529. The van der Waals surface area contributed by atoms with E-state index in [2.05, 4.69) is 5.32 Å². The molecular formula is C17H23NO3. The first-order valence-electron chi connectivity index (χ1n) is 7.71. The molecule has 0 aliphatic heterocycles. The Kier molecular flexibility index (Phi) is 5.78. The van der Waals surface area contributed by atoms with Crippen molar-refractivity contribution in [3.05, 3.63) is 35.9 Å². The molecule has 1 fully saturated rings. The number of carbonyl (C=O) groups is 2. The van der Waals surface area contributed by atoms with Crippen LogP contribution in [0.4, 0.5) is 0 Å². The van der Waals surface area contributed by atoms with Crippen LogP contribution < -0.4 is 5.32 Å². The lowest BCUT2D eigenvalue weighted by molar-refractivity contribution is -0.137. The Morgan fingerprint density at radius 3 is 2.48 bits per heavy atom. The highest BCUT2D eigenvalue weighted by Gasteiger charge is 2.20. The lowest BCUT2D eigenvalue weighted by atomic mass is 9.82. The lowest BCUT2D eigenvalue weighted by Crippen LogP contribution is -2.29. The average molecular weight is 289 g/mol. The third-order valence-corrected chi connectivity index (χ3v) is 4.19. The summed E-state index contributed by atoms with van der Waals surface area (Å²) >= 11 is 0. The Hall–Kier alpha value is -1.84. The molecule has 1 saturated carbocycles. The fourth-order valence-corrected chi connectivity index (χ4v) is 2.66. The maximum absolute atomic E-state index is 12.1. The Morgan fingerprint density at radius 2 is 1.90 bits per heavy atom. The summed E-state index contributed by atoms with van der Waals surface area (Å²) in [5.74, 6) is -0.0919. The van der Waals surface area contributed by atoms with Gasteiger partial charge in [0.05, 0.1) is 6.04 Å². The summed E-state index contributed by atoms with van der Waals surface area (Å²) in [6.45, 7) is 0. The molecular weight excluding hydrogens is 266 g/mol. The minimum Gasteiger partial charge on any atom is -0.481 e. The van der Waals surface area contributed by atoms with Crippen molar-refractivity contribution in [1.82, 2.24) is 5.32 Å². The van der Waals surface area contributed by atoms with Gasteiger partial charge < -0.3 is 10.4 Å². The second-order valence-electron chi connectivity index (χ2n) is 5.80. The summed E-state index contributed by atoms with van der Waals surface area (Å²) in [7, 11) is 0. The summed E-state index contributed by atoms with van der Waals surface area (Å²) in [5.41, 5.74) is 0.968. The molecule has 0 aromatic heterocycles. The van der Waals surface area contributed by atoms with E-state index >= 15 is 0 Å². The highest BCUT2D eigenvalue weighted by atomic mass is 16.4. The van der Waals surface area contributed by atoms with Gasteiger partial charge in [-0.2, -0.15) is 0 Å². The van der Waals surface area contributed by atoms with Gasteiger partial charge >= 0.3 is 5.97 Å². The third-order valence-electron chi connectivity index (χ3n) is 4.19. The van der Waals surface area contributed by atoms with E-state index in [4.69, 9.17) is 5.11 Å². The summed E-state index contributed by atoms with van der Waals surface area (Å²) in [6, 6.07) is 9.37. The maximum atomic E-state index is 12.1. The van der Waals surface area contributed by atoms with Gasteiger partial charge in [0.1, 0.15) is 0 Å². The van der Waals surface area contributed by atoms with Crippen molar-refractivity contribution >= 4 is 11.9 Å². The highest BCUT2D eigenvalue weighted by molar-refractivity contribution is 5.76. The first-order chi connectivity index (χ1) is 10.1. The topological polar surface area (TPSA) is 66.4 Å². The van der Waals surface area contributed by atoms with Gasteiger partial charge in [0.25, 0.3) is 0 Å². The van der Waals surface area contributed by atoms with Crippen molar-refractivity contribution in [1.29, 1.82) is 0 Å². The van der Waals surface area contributed by atoms with Crippen LogP contribution in [-0.4, -0.2) is 17.0 Å². The third kappa shape index (κ3) is 5.21. The van der Waals surface area contributed by atoms with Crippen molar-refractivity contribution in [2.24, 2.45) is 5.92 Å². The zero-order valence-corrected chi connectivity index (χ0v) is 12.3. The number of carboxylic acids is 1. The summed E-state index contributed by atoms with van der Waals surface area (Å²) in [4.78, 5) is 22.8. The average Bonchev–Trinajstić information content (AvgIpc) is 2.42. The molecule has 21 heavy (non-hydrogen) atoms. The Balaban J connectivity index is 1.87. The number of benzene rings is 1. The minimum atomic E-state index is -0.834. The quantitative estimate of drug-likeness (QED) is 0.771. The Bertz CT molecular complexity index is 468. The number of hydrogen-bond acceptors (Lipinski definition) is 2. The van der Waals surface area contributed by atoms with E-state index in [1.54, 1.807) is 0 Å². The van der Waals surface area contributed by atoms with Crippen LogP contribution >= 0.6 is 0 Å². The van der Waals surface area contributed by atoms with Crippen molar-refractivity contribution in [2.45, 2.75) is 51.0 Å². The van der Waals surface area contributed by atoms with Gasteiger partial charge in [0, 0.05) is 12.8 Å². The second-order valence-corrected chi connectivity index (χ2v) is 5.80. The monoisotopic (exact) mass is 289 g/mol. The summed E-state index contributed by atoms with van der Waals surface area (Å²) < 4.78 is 0. The van der Waals surface area contributed by atoms with Gasteiger partial charge in [-0.1, -0.05) is 49.6 Å². The molecule has 1 atom stereocenters. The van der Waals surface area contributed by atoms with Crippen LogP contribution in [-0.2, 0) is 9.59 Å². The number of nitrogens with one attached hydrogen (secondary N) is 1. The van der Waals surface area contributed by atoms with Crippen LogP contribution in [0.25, 0.3) is 0 Å². The molecule has 0 heterocycles. The number of carbonyl (C=O) groups excluding carboxylic acids is 1. The van der Waals surface area contributed by atoms with Crippen molar-refractivity contribution in [2.75, 3.05) is 0 Å². The molecule has 4 nitrogen and oxygen atoms in total. The smallest absolute Gasteiger partial charge is 0.303 e. The first-order valence-corrected chi connectivity index (χ1v) is 7.71. The number of rotatable bonds is 8. The van der Waals surface area contributed by atoms with Gasteiger partial charge in [-0.15, -0.1) is 0 Å². The Morgan fingerprint density at radius 1 is 1.19 bits per heavy atom. The SMILES string of the molecule is O=C(O)CCC(NC(=O)CCC1CCC1)c1ccccc1. The van der Waals surface area contributed by atoms with E-state index in [0.29, 0.717) is 18.8 Å². The molecule has 4 heteroatoms. The van der Waals surface area contributed by atoms with E-state index < -0.39 is 5.97 Å². The van der Waals surface area contributed by atoms with Crippen LogP contribution in [0.1, 0.15) is 56.6 Å². The highest BCUT2D eigenvalue weighted by Crippen LogP contribution is 2.30. The van der Waals surface area contributed by atoms with E-state index in [-0.39, 0.29) is 18.4 Å². The molecule has 0 radical (unpaired) electrons. The molecule has 1 aromatic rings. The molecule has 1 aliphatic carbocycles. The van der Waals surface area contributed by atoms with Crippen molar-refractivity contribution in [3.8, 4) is 0 Å².